The lowest BCUT2D eigenvalue weighted by Crippen LogP contribution is -2.24. The zero-order chi connectivity index (χ0) is 23.9. The highest BCUT2D eigenvalue weighted by atomic mass is 16.6. The SMILES string of the molecule is O=[N+]([O-])c1ccc(N=Nc2cc(C3Nc4ccccc4-c4nc5ccccc5n43)ccc2O)cc1. The molecule has 1 aliphatic rings. The Morgan fingerprint density at radius 2 is 1.71 bits per heavy atom. The van der Waals surface area contributed by atoms with E-state index in [0.29, 0.717) is 5.69 Å². The van der Waals surface area contributed by atoms with Crippen molar-refractivity contribution in [3.8, 4) is 17.1 Å². The molecule has 6 rings (SSSR count). The van der Waals surface area contributed by atoms with Gasteiger partial charge in [0.25, 0.3) is 5.69 Å². The van der Waals surface area contributed by atoms with Crippen molar-refractivity contribution in [2.75, 3.05) is 5.32 Å². The van der Waals surface area contributed by atoms with Gasteiger partial charge in [0, 0.05) is 23.4 Å². The number of para-hydroxylation sites is 3. The van der Waals surface area contributed by atoms with Gasteiger partial charge in [-0.3, -0.25) is 14.7 Å². The molecule has 0 aliphatic carbocycles. The van der Waals surface area contributed by atoms with Crippen molar-refractivity contribution in [3.05, 3.63) is 107 Å². The molecule has 0 fully saturated rings. The van der Waals surface area contributed by atoms with Gasteiger partial charge in [0.1, 0.15) is 23.4 Å². The number of aromatic hydroxyl groups is 1. The third-order valence-electron chi connectivity index (χ3n) is 5.96. The molecule has 9 heteroatoms. The molecule has 0 bridgehead atoms. The number of fused-ring (bicyclic) bond motifs is 5. The summed E-state index contributed by atoms with van der Waals surface area (Å²) in [4.78, 5) is 15.3. The van der Waals surface area contributed by atoms with Crippen LogP contribution in [0.5, 0.6) is 5.75 Å². The highest BCUT2D eigenvalue weighted by molar-refractivity contribution is 5.86. The van der Waals surface area contributed by atoms with Gasteiger partial charge in [0.2, 0.25) is 0 Å². The van der Waals surface area contributed by atoms with Gasteiger partial charge in [-0.1, -0.05) is 30.3 Å². The van der Waals surface area contributed by atoms with E-state index in [0.717, 1.165) is 33.7 Å². The van der Waals surface area contributed by atoms with E-state index in [1.165, 1.54) is 24.3 Å². The minimum Gasteiger partial charge on any atom is -0.506 e. The van der Waals surface area contributed by atoms with Crippen LogP contribution in [0.15, 0.2) is 101 Å². The average molecular weight is 462 g/mol. The predicted octanol–water partition coefficient (Wildman–Crippen LogP) is 6.70. The maximum absolute atomic E-state index is 10.9. The highest BCUT2D eigenvalue weighted by Gasteiger charge is 2.28. The Balaban J connectivity index is 1.42. The zero-order valence-corrected chi connectivity index (χ0v) is 18.2. The molecular formula is C26H18N6O3. The number of imidazole rings is 1. The number of nitro benzene ring substituents is 1. The molecule has 170 valence electrons. The quantitative estimate of drug-likeness (QED) is 0.175. The van der Waals surface area contributed by atoms with Crippen molar-refractivity contribution < 1.29 is 10.0 Å². The molecule has 2 heterocycles. The van der Waals surface area contributed by atoms with Gasteiger partial charge in [0.05, 0.1) is 21.6 Å². The fourth-order valence-electron chi connectivity index (χ4n) is 4.29. The lowest BCUT2D eigenvalue weighted by molar-refractivity contribution is -0.384. The van der Waals surface area contributed by atoms with Crippen molar-refractivity contribution in [3.63, 3.8) is 0 Å². The lowest BCUT2D eigenvalue weighted by Gasteiger charge is -2.30. The zero-order valence-electron chi connectivity index (χ0n) is 18.2. The fraction of sp³-hybridized carbons (Fsp3) is 0.0385. The molecule has 0 spiro atoms. The van der Waals surface area contributed by atoms with Crippen molar-refractivity contribution in [2.24, 2.45) is 10.2 Å². The molecule has 1 unspecified atom stereocenters. The molecule has 0 amide bonds. The van der Waals surface area contributed by atoms with Gasteiger partial charge in [-0.05, 0) is 54.1 Å². The third-order valence-corrected chi connectivity index (χ3v) is 5.96. The minimum absolute atomic E-state index is 0.0219. The van der Waals surface area contributed by atoms with Crippen molar-refractivity contribution in [1.82, 2.24) is 9.55 Å². The smallest absolute Gasteiger partial charge is 0.269 e. The number of phenolic OH excluding ortho intramolecular Hbond substituents is 1. The van der Waals surface area contributed by atoms with Crippen molar-refractivity contribution in [1.29, 1.82) is 0 Å². The predicted molar refractivity (Wildman–Crippen MR) is 132 cm³/mol. The Bertz CT molecular complexity index is 1620. The number of nitrogens with zero attached hydrogens (tertiary/aromatic N) is 5. The molecule has 1 atom stereocenters. The van der Waals surface area contributed by atoms with Gasteiger partial charge in [-0.15, -0.1) is 5.11 Å². The first kappa shape index (κ1) is 20.5. The van der Waals surface area contributed by atoms with E-state index < -0.39 is 4.92 Å². The number of nitro groups is 1. The molecule has 0 saturated carbocycles. The van der Waals surface area contributed by atoms with Crippen LogP contribution in [0.25, 0.3) is 22.4 Å². The molecule has 2 N–H and O–H groups in total. The van der Waals surface area contributed by atoms with E-state index in [-0.39, 0.29) is 23.3 Å². The molecule has 0 saturated heterocycles. The molecule has 4 aromatic carbocycles. The largest absolute Gasteiger partial charge is 0.506 e. The number of nitrogens with one attached hydrogen (secondary N) is 1. The third kappa shape index (κ3) is 3.55. The summed E-state index contributed by atoms with van der Waals surface area (Å²) in [7, 11) is 0. The summed E-state index contributed by atoms with van der Waals surface area (Å²) in [5, 5.41) is 33.2. The maximum Gasteiger partial charge on any atom is 0.269 e. The number of azo groups is 1. The molecule has 1 aromatic heterocycles. The van der Waals surface area contributed by atoms with Crippen LogP contribution in [0.2, 0.25) is 0 Å². The number of anilines is 1. The number of non-ortho nitro benzene ring substituents is 1. The van der Waals surface area contributed by atoms with E-state index in [4.69, 9.17) is 4.98 Å². The van der Waals surface area contributed by atoms with E-state index in [1.54, 1.807) is 12.1 Å². The first-order valence-electron chi connectivity index (χ1n) is 10.9. The summed E-state index contributed by atoms with van der Waals surface area (Å²) < 4.78 is 2.14. The Morgan fingerprint density at radius 3 is 2.54 bits per heavy atom. The standard InChI is InChI=1S/C26H18N6O3/c33-24-14-9-16(15-22(24)30-29-17-10-12-18(13-11-17)32(34)35)25-27-20-6-2-1-5-19(20)26-28-21-7-3-4-8-23(21)31(25)26/h1-15,25,27,33H. The Kier molecular flexibility index (Phi) is 4.74. The monoisotopic (exact) mass is 462 g/mol. The Hall–Kier alpha value is -5.05. The molecule has 35 heavy (non-hydrogen) atoms. The highest BCUT2D eigenvalue weighted by Crippen LogP contribution is 2.42. The normalized spacial score (nSPS) is 14.5. The molecule has 5 aromatic rings. The Morgan fingerprint density at radius 1 is 0.943 bits per heavy atom. The van der Waals surface area contributed by atoms with E-state index in [2.05, 4.69) is 20.1 Å². The summed E-state index contributed by atoms with van der Waals surface area (Å²) in [5.41, 5.74) is 5.40. The van der Waals surface area contributed by atoms with Gasteiger partial charge in [0.15, 0.2) is 0 Å². The minimum atomic E-state index is -0.473. The van der Waals surface area contributed by atoms with Crippen LogP contribution in [0.4, 0.5) is 22.7 Å². The van der Waals surface area contributed by atoms with Crippen LogP contribution >= 0.6 is 0 Å². The number of hydrogen-bond donors (Lipinski definition) is 2. The van der Waals surface area contributed by atoms with Gasteiger partial charge in [-0.25, -0.2) is 4.98 Å². The van der Waals surface area contributed by atoms with Gasteiger partial charge < -0.3 is 10.4 Å². The molecule has 1 aliphatic heterocycles. The number of phenols is 1. The first-order valence-corrected chi connectivity index (χ1v) is 10.9. The van der Waals surface area contributed by atoms with Crippen molar-refractivity contribution in [2.45, 2.75) is 6.17 Å². The second kappa shape index (κ2) is 8.07. The summed E-state index contributed by atoms with van der Waals surface area (Å²) in [6, 6.07) is 26.9. The van der Waals surface area contributed by atoms with E-state index in [1.807, 2.05) is 54.6 Å². The average Bonchev–Trinajstić information content (AvgIpc) is 3.28. The molecule has 0 radical (unpaired) electrons. The fourth-order valence-corrected chi connectivity index (χ4v) is 4.29. The maximum atomic E-state index is 10.9. The topological polar surface area (TPSA) is 118 Å². The second-order valence-electron chi connectivity index (χ2n) is 8.11. The van der Waals surface area contributed by atoms with Crippen LogP contribution in [-0.2, 0) is 0 Å². The van der Waals surface area contributed by atoms with Crippen molar-refractivity contribution >= 4 is 33.8 Å². The van der Waals surface area contributed by atoms with E-state index in [9.17, 15) is 15.2 Å². The summed E-state index contributed by atoms with van der Waals surface area (Å²) >= 11 is 0. The number of benzene rings is 4. The number of aromatic nitrogens is 2. The van der Waals surface area contributed by atoms with Gasteiger partial charge in [-0.2, -0.15) is 5.11 Å². The van der Waals surface area contributed by atoms with Crippen LogP contribution < -0.4 is 5.32 Å². The summed E-state index contributed by atoms with van der Waals surface area (Å²) in [6.07, 6.45) is -0.291. The van der Waals surface area contributed by atoms with Crippen LogP contribution in [0.1, 0.15) is 11.7 Å². The second-order valence-corrected chi connectivity index (χ2v) is 8.11. The van der Waals surface area contributed by atoms with Gasteiger partial charge >= 0.3 is 0 Å². The summed E-state index contributed by atoms with van der Waals surface area (Å²) in [6.45, 7) is 0. The number of hydrogen-bond acceptors (Lipinski definition) is 7. The van der Waals surface area contributed by atoms with Crippen LogP contribution in [0, 0.1) is 10.1 Å². The Labute approximate surface area is 199 Å². The van der Waals surface area contributed by atoms with Crippen LogP contribution in [0.3, 0.4) is 0 Å². The lowest BCUT2D eigenvalue weighted by atomic mass is 10.0. The molecule has 9 nitrogen and oxygen atoms in total. The number of rotatable bonds is 4. The van der Waals surface area contributed by atoms with E-state index >= 15 is 0 Å². The molecular weight excluding hydrogens is 444 g/mol. The summed E-state index contributed by atoms with van der Waals surface area (Å²) in [5.74, 6) is 0.832. The first-order chi connectivity index (χ1) is 17.1. The van der Waals surface area contributed by atoms with Crippen LogP contribution in [-0.4, -0.2) is 19.6 Å².